The molecule has 5 aliphatic rings. The van der Waals surface area contributed by atoms with Crippen LogP contribution < -0.4 is 0 Å². The monoisotopic (exact) mass is 741 g/mol. The van der Waals surface area contributed by atoms with E-state index in [4.69, 9.17) is 9.98 Å². The summed E-state index contributed by atoms with van der Waals surface area (Å²) in [6, 6.07) is 45.6. The molecule has 3 heterocycles. The molecule has 3 heteroatoms. The summed E-state index contributed by atoms with van der Waals surface area (Å²) in [6.45, 7) is 4.81. The Bertz CT molecular complexity index is 3280. The van der Waals surface area contributed by atoms with Gasteiger partial charge in [-0.1, -0.05) is 141 Å². The van der Waals surface area contributed by atoms with E-state index in [1.807, 2.05) is 12.3 Å². The molecule has 0 radical (unpaired) electrons. The number of fused-ring (bicyclic) bond motifs is 19. The lowest BCUT2D eigenvalue weighted by atomic mass is 9.68. The van der Waals surface area contributed by atoms with Crippen molar-refractivity contribution >= 4 is 44.4 Å². The number of benzene rings is 6. The molecule has 58 heavy (non-hydrogen) atoms. The third-order valence-corrected chi connectivity index (χ3v) is 13.9. The lowest BCUT2D eigenvalue weighted by Gasteiger charge is -2.35. The highest BCUT2D eigenvalue weighted by atomic mass is 15.0. The van der Waals surface area contributed by atoms with Gasteiger partial charge in [0.15, 0.2) is 0 Å². The summed E-state index contributed by atoms with van der Waals surface area (Å²) in [6.07, 6.45) is 20.2. The standard InChI is InChI=1S/C55H39N3/c1-55(2)45-29-34(47-27-25-33-23-22-32-13-12-28-56-52(32)53(33)57-47)24-26-38(45)43-30-44-48(31-46(43)55)58(35-14-4-3-5-15-35)54-50(44)42-21-11-10-20-41(42)49-39-18-8-6-16-36(39)37-17-7-9-19-40(37)51(49)54/h3-31,33,37,40,53H,1-2H3. The fraction of sp³-hybridized carbons (Fsp3) is 0.127. The normalized spacial score (nSPS) is 21.2. The maximum Gasteiger partial charge on any atom is 0.103 e. The van der Waals surface area contributed by atoms with Crippen LogP contribution in [0.4, 0.5) is 0 Å². The maximum absolute atomic E-state index is 5.36. The lowest BCUT2D eigenvalue weighted by molar-refractivity contribution is 0.591. The van der Waals surface area contributed by atoms with E-state index in [9.17, 15) is 0 Å². The molecule has 4 atom stereocenters. The Morgan fingerprint density at radius 3 is 2.29 bits per heavy atom. The van der Waals surface area contributed by atoms with Crippen LogP contribution in [0.15, 0.2) is 175 Å². The van der Waals surface area contributed by atoms with Gasteiger partial charge in [-0.15, -0.1) is 0 Å². The Labute approximate surface area is 337 Å². The van der Waals surface area contributed by atoms with Crippen LogP contribution in [-0.4, -0.2) is 15.3 Å². The summed E-state index contributed by atoms with van der Waals surface area (Å²) >= 11 is 0. The van der Waals surface area contributed by atoms with Crippen LogP contribution in [0.25, 0.3) is 66.6 Å². The Hall–Kier alpha value is -6.84. The largest absolute Gasteiger partial charge is 0.309 e. The minimum Gasteiger partial charge on any atom is -0.309 e. The lowest BCUT2D eigenvalue weighted by Crippen LogP contribution is -2.20. The zero-order valence-electron chi connectivity index (χ0n) is 32.4. The zero-order valence-corrected chi connectivity index (χ0v) is 32.4. The van der Waals surface area contributed by atoms with Gasteiger partial charge in [0.1, 0.15) is 6.04 Å². The molecule has 3 nitrogen and oxygen atoms in total. The van der Waals surface area contributed by atoms with Crippen molar-refractivity contribution < 1.29 is 0 Å². The number of pyridine rings is 1. The molecule has 4 unspecified atom stereocenters. The Balaban J connectivity index is 1.08. The SMILES string of the molecule is CC1(C)c2cc(C3=NC4c5ncccc5C=CC4C=C3)ccc2-c2cc3c4c5ccccc5c5c(c4n(-c4ccccc4)c3cc21)C1C=CC=CC1c1ccccc1-5. The maximum atomic E-state index is 5.36. The van der Waals surface area contributed by atoms with E-state index in [0.717, 1.165) is 22.5 Å². The van der Waals surface area contributed by atoms with E-state index in [1.54, 1.807) is 0 Å². The van der Waals surface area contributed by atoms with Crippen LogP contribution in [0.5, 0.6) is 0 Å². The number of para-hydroxylation sites is 1. The van der Waals surface area contributed by atoms with Crippen LogP contribution in [0.2, 0.25) is 0 Å². The van der Waals surface area contributed by atoms with Crippen LogP contribution >= 0.6 is 0 Å². The van der Waals surface area contributed by atoms with E-state index in [-0.39, 0.29) is 29.2 Å². The highest BCUT2D eigenvalue weighted by molar-refractivity contribution is 6.27. The average Bonchev–Trinajstić information content (AvgIpc) is 3.73. The topological polar surface area (TPSA) is 30.2 Å². The highest BCUT2D eigenvalue weighted by Crippen LogP contribution is 2.58. The molecule has 4 aliphatic carbocycles. The smallest absolute Gasteiger partial charge is 0.103 e. The fourth-order valence-corrected chi connectivity index (χ4v) is 11.2. The number of aliphatic imine (C=N–C) groups is 1. The Morgan fingerprint density at radius 1 is 0.621 bits per heavy atom. The van der Waals surface area contributed by atoms with E-state index in [1.165, 1.54) is 82.8 Å². The van der Waals surface area contributed by atoms with Crippen molar-refractivity contribution in [2.75, 3.05) is 0 Å². The second-order valence-corrected chi connectivity index (χ2v) is 17.2. The minimum atomic E-state index is -0.224. The number of allylic oxidation sites excluding steroid dienone is 5. The molecule has 0 N–H and O–H groups in total. The van der Waals surface area contributed by atoms with Gasteiger partial charge in [-0.3, -0.25) is 9.98 Å². The summed E-state index contributed by atoms with van der Waals surface area (Å²) in [5.41, 5.74) is 18.9. The van der Waals surface area contributed by atoms with E-state index < -0.39 is 0 Å². The first-order valence-corrected chi connectivity index (χ1v) is 20.7. The zero-order chi connectivity index (χ0) is 38.3. The van der Waals surface area contributed by atoms with Gasteiger partial charge in [0.2, 0.25) is 0 Å². The Morgan fingerprint density at radius 2 is 1.40 bits per heavy atom. The first-order valence-electron chi connectivity index (χ1n) is 20.7. The van der Waals surface area contributed by atoms with E-state index in [2.05, 4.69) is 182 Å². The van der Waals surface area contributed by atoms with Gasteiger partial charge >= 0.3 is 0 Å². The molecule has 6 aromatic carbocycles. The molecule has 0 amide bonds. The summed E-state index contributed by atoms with van der Waals surface area (Å²) in [5.74, 6) is 0.726. The van der Waals surface area contributed by atoms with Gasteiger partial charge in [-0.25, -0.2) is 0 Å². The number of nitrogens with zero attached hydrogens (tertiary/aromatic N) is 3. The predicted molar refractivity (Wildman–Crippen MR) is 240 cm³/mol. The summed E-state index contributed by atoms with van der Waals surface area (Å²) in [5, 5.41) is 5.27. The molecule has 1 aliphatic heterocycles. The molecule has 13 rings (SSSR count). The van der Waals surface area contributed by atoms with Crippen molar-refractivity contribution in [1.82, 2.24) is 9.55 Å². The van der Waals surface area contributed by atoms with Crippen molar-refractivity contribution in [3.8, 4) is 27.9 Å². The second-order valence-electron chi connectivity index (χ2n) is 17.2. The van der Waals surface area contributed by atoms with Gasteiger partial charge in [-0.2, -0.15) is 0 Å². The molecule has 0 spiro atoms. The number of aromatic nitrogens is 2. The molecule has 8 aromatic rings. The van der Waals surface area contributed by atoms with Gasteiger partial charge in [0.25, 0.3) is 0 Å². The average molecular weight is 742 g/mol. The van der Waals surface area contributed by atoms with Crippen LogP contribution in [0.1, 0.15) is 70.8 Å². The van der Waals surface area contributed by atoms with E-state index >= 15 is 0 Å². The number of dihydropyridines is 1. The van der Waals surface area contributed by atoms with Gasteiger partial charge in [0.05, 0.1) is 22.4 Å². The van der Waals surface area contributed by atoms with Crippen molar-refractivity contribution in [2.24, 2.45) is 10.9 Å². The summed E-state index contributed by atoms with van der Waals surface area (Å²) in [4.78, 5) is 10.1. The molecule has 0 saturated heterocycles. The third-order valence-electron chi connectivity index (χ3n) is 13.9. The van der Waals surface area contributed by atoms with Crippen molar-refractivity contribution in [3.63, 3.8) is 0 Å². The first-order chi connectivity index (χ1) is 28.5. The molecular formula is C55H39N3. The number of rotatable bonds is 2. The Kier molecular flexibility index (Phi) is 6.46. The van der Waals surface area contributed by atoms with Crippen LogP contribution in [-0.2, 0) is 5.41 Å². The quantitative estimate of drug-likeness (QED) is 0.173. The third kappa shape index (κ3) is 4.23. The summed E-state index contributed by atoms with van der Waals surface area (Å²) in [7, 11) is 0. The molecule has 2 aromatic heterocycles. The van der Waals surface area contributed by atoms with Gasteiger partial charge in [0, 0.05) is 51.4 Å². The minimum absolute atomic E-state index is 0.00359. The first kappa shape index (κ1) is 32.3. The van der Waals surface area contributed by atoms with Crippen LogP contribution in [0, 0.1) is 5.92 Å². The molecule has 0 fully saturated rings. The summed E-state index contributed by atoms with van der Waals surface area (Å²) < 4.78 is 2.60. The van der Waals surface area contributed by atoms with Crippen molar-refractivity contribution in [3.05, 3.63) is 209 Å². The number of hydrogen-bond donors (Lipinski definition) is 0. The molecule has 274 valence electrons. The highest BCUT2D eigenvalue weighted by Gasteiger charge is 2.40. The predicted octanol–water partition coefficient (Wildman–Crippen LogP) is 13.4. The van der Waals surface area contributed by atoms with Crippen molar-refractivity contribution in [2.45, 2.75) is 37.1 Å². The number of hydrogen-bond acceptors (Lipinski definition) is 2. The van der Waals surface area contributed by atoms with E-state index in [0.29, 0.717) is 0 Å². The second kappa shape index (κ2) is 11.6. The van der Waals surface area contributed by atoms with Crippen molar-refractivity contribution in [1.29, 1.82) is 0 Å². The molecular weight excluding hydrogens is 703 g/mol. The van der Waals surface area contributed by atoms with Crippen LogP contribution in [0.3, 0.4) is 0 Å². The van der Waals surface area contributed by atoms with Gasteiger partial charge in [-0.05, 0) is 103 Å². The fourth-order valence-electron chi connectivity index (χ4n) is 11.2. The van der Waals surface area contributed by atoms with Gasteiger partial charge < -0.3 is 4.57 Å². The molecule has 0 bridgehead atoms. The molecule has 0 saturated carbocycles.